The van der Waals surface area contributed by atoms with E-state index in [1.54, 1.807) is 32.9 Å². The number of ether oxygens (including phenoxy) is 3. The van der Waals surface area contributed by atoms with Crippen LogP contribution in [0.4, 0.5) is 17.8 Å². The molecule has 0 saturated carbocycles. The van der Waals surface area contributed by atoms with E-state index < -0.39 is 0 Å². The van der Waals surface area contributed by atoms with Gasteiger partial charge in [0.25, 0.3) is 0 Å². The second kappa shape index (κ2) is 21.4. The molecule has 1 heterocycles. The number of rotatable bonds is 24. The van der Waals surface area contributed by atoms with Gasteiger partial charge >= 0.3 is 0 Å². The second-order valence-corrected chi connectivity index (χ2v) is 11.2. The van der Waals surface area contributed by atoms with E-state index in [0.717, 1.165) is 16.7 Å². The van der Waals surface area contributed by atoms with Gasteiger partial charge in [-0.25, -0.2) is 0 Å². The molecule has 0 amide bonds. The summed E-state index contributed by atoms with van der Waals surface area (Å²) in [6.07, 6.45) is 0. The predicted molar refractivity (Wildman–Crippen MR) is 191 cm³/mol. The van der Waals surface area contributed by atoms with E-state index in [1.165, 1.54) is 0 Å². The highest BCUT2D eigenvalue weighted by Crippen LogP contribution is 2.28. The zero-order valence-corrected chi connectivity index (χ0v) is 28.6. The lowest BCUT2D eigenvalue weighted by Crippen LogP contribution is -2.34. The van der Waals surface area contributed by atoms with Gasteiger partial charge in [-0.3, -0.25) is 0 Å². The molecule has 6 N–H and O–H groups in total. The zero-order chi connectivity index (χ0) is 36.3. The van der Waals surface area contributed by atoms with Gasteiger partial charge in [-0.1, -0.05) is 54.6 Å². The quantitative estimate of drug-likeness (QED) is 0.0602. The number of hydrogen-bond donors (Lipinski definition) is 6. The summed E-state index contributed by atoms with van der Waals surface area (Å²) < 4.78 is 17.3. The van der Waals surface area contributed by atoms with Crippen LogP contribution in [0, 0.1) is 0 Å². The first-order chi connectivity index (χ1) is 25.0. The molecule has 1 aromatic heterocycles. The molecular weight excluding hydrogens is 660 g/mol. The van der Waals surface area contributed by atoms with Crippen LogP contribution in [-0.4, -0.2) is 125 Å². The van der Waals surface area contributed by atoms with Gasteiger partial charge in [0.15, 0.2) is 0 Å². The highest BCUT2D eigenvalue weighted by Gasteiger charge is 2.23. The van der Waals surface area contributed by atoms with Crippen molar-refractivity contribution in [1.82, 2.24) is 15.0 Å². The maximum absolute atomic E-state index is 10.2. The molecule has 4 aromatic rings. The highest BCUT2D eigenvalue weighted by molar-refractivity contribution is 5.50. The summed E-state index contributed by atoms with van der Waals surface area (Å²) in [5.41, 5.74) is 2.31. The maximum atomic E-state index is 10.2. The summed E-state index contributed by atoms with van der Waals surface area (Å²) >= 11 is 0. The third kappa shape index (κ3) is 11.6. The number of benzene rings is 3. The fourth-order valence-electron chi connectivity index (χ4n) is 5.29. The fraction of sp³-hybridized carbons (Fsp3) is 0.417. The normalized spacial score (nSPS) is 10.9. The summed E-state index contributed by atoms with van der Waals surface area (Å²) in [6.45, 7) is 0.346. The average Bonchev–Trinajstić information content (AvgIpc) is 3.16. The summed E-state index contributed by atoms with van der Waals surface area (Å²) in [7, 11) is 0. The molecule has 0 spiro atoms. The van der Waals surface area contributed by atoms with Gasteiger partial charge in [0.1, 0.15) is 37.1 Å². The van der Waals surface area contributed by atoms with Crippen LogP contribution in [0.2, 0.25) is 0 Å². The third-order valence-corrected chi connectivity index (χ3v) is 7.61. The number of hydrogen-bond acceptors (Lipinski definition) is 15. The van der Waals surface area contributed by atoms with Crippen molar-refractivity contribution in [2.45, 2.75) is 19.6 Å². The smallest absolute Gasteiger partial charge is 0.232 e. The van der Waals surface area contributed by atoms with Crippen molar-refractivity contribution in [2.24, 2.45) is 0 Å². The Morgan fingerprint density at radius 1 is 0.392 bits per heavy atom. The van der Waals surface area contributed by atoms with Gasteiger partial charge in [0.2, 0.25) is 17.8 Å². The standard InChI is InChI=1S/C36H48N6O9/c43-16-13-40(25-28-7-1-4-10-31(28)49-22-19-46)34-37-35(41(14-17-44)26-29-8-2-5-11-32(29)50-23-20-47)39-36(38-34)42(15-18-45)27-30-9-3-6-12-33(30)51-24-21-48/h1-12,43-48H,13-27H2. The first kappa shape index (κ1) is 39.0. The lowest BCUT2D eigenvalue weighted by Gasteiger charge is -2.29. The van der Waals surface area contributed by atoms with Crippen molar-refractivity contribution in [2.75, 3.05) is 93.8 Å². The Kier molecular flexibility index (Phi) is 16.4. The van der Waals surface area contributed by atoms with Gasteiger partial charge in [0, 0.05) is 56.0 Å². The molecule has 0 aliphatic heterocycles. The molecule has 15 heteroatoms. The molecule has 0 saturated heterocycles. The Balaban J connectivity index is 1.83. The van der Waals surface area contributed by atoms with Crippen LogP contribution in [-0.2, 0) is 19.6 Å². The lowest BCUT2D eigenvalue weighted by atomic mass is 10.2. The van der Waals surface area contributed by atoms with Gasteiger partial charge in [-0.15, -0.1) is 0 Å². The Bertz CT molecular complexity index is 1400. The van der Waals surface area contributed by atoms with Gasteiger partial charge in [-0.2, -0.15) is 15.0 Å². The van der Waals surface area contributed by atoms with E-state index in [-0.39, 0.29) is 117 Å². The zero-order valence-electron chi connectivity index (χ0n) is 28.6. The Labute approximate surface area is 297 Å². The van der Waals surface area contributed by atoms with E-state index in [4.69, 9.17) is 29.2 Å². The topological polar surface area (TPSA) is 197 Å². The van der Waals surface area contributed by atoms with Gasteiger partial charge in [0.05, 0.1) is 39.6 Å². The molecular formula is C36H48N6O9. The Hall–Kier alpha value is -4.77. The molecule has 276 valence electrons. The number of anilines is 3. The average molecular weight is 709 g/mol. The SMILES string of the molecule is OCCOc1ccccc1CN(CCO)c1nc(N(CCO)Cc2ccccc2OCCO)nc(N(CCO)Cc2ccccc2OCCO)n1. The lowest BCUT2D eigenvalue weighted by molar-refractivity contribution is 0.200. The molecule has 15 nitrogen and oxygen atoms in total. The first-order valence-electron chi connectivity index (χ1n) is 16.8. The Morgan fingerprint density at radius 3 is 0.922 bits per heavy atom. The number of aliphatic hydroxyl groups is 6. The minimum Gasteiger partial charge on any atom is -0.491 e. The highest BCUT2D eigenvalue weighted by atomic mass is 16.5. The molecule has 3 aromatic carbocycles. The molecule has 0 fully saturated rings. The van der Waals surface area contributed by atoms with Crippen LogP contribution in [0.25, 0.3) is 0 Å². The second-order valence-electron chi connectivity index (χ2n) is 11.2. The largest absolute Gasteiger partial charge is 0.491 e. The van der Waals surface area contributed by atoms with Crippen LogP contribution in [0.5, 0.6) is 17.2 Å². The third-order valence-electron chi connectivity index (χ3n) is 7.61. The summed E-state index contributed by atoms with van der Waals surface area (Å²) in [6, 6.07) is 22.1. The van der Waals surface area contributed by atoms with E-state index in [1.807, 2.05) is 54.6 Å². The van der Waals surface area contributed by atoms with E-state index in [2.05, 4.69) is 0 Å². The molecule has 0 radical (unpaired) electrons. The van der Waals surface area contributed by atoms with Crippen molar-refractivity contribution in [3.63, 3.8) is 0 Å². The number of aliphatic hydroxyl groups excluding tert-OH is 6. The molecule has 0 aliphatic carbocycles. The monoisotopic (exact) mass is 708 g/mol. The van der Waals surface area contributed by atoms with E-state index in [9.17, 15) is 30.6 Å². The van der Waals surface area contributed by atoms with Crippen LogP contribution >= 0.6 is 0 Å². The number of nitrogens with zero attached hydrogens (tertiary/aromatic N) is 6. The number of aromatic nitrogens is 3. The van der Waals surface area contributed by atoms with E-state index in [0.29, 0.717) is 17.2 Å². The summed E-state index contributed by atoms with van der Waals surface area (Å²) in [4.78, 5) is 19.9. The van der Waals surface area contributed by atoms with Crippen LogP contribution < -0.4 is 28.9 Å². The number of para-hydroxylation sites is 3. The van der Waals surface area contributed by atoms with Gasteiger partial charge in [-0.05, 0) is 18.2 Å². The van der Waals surface area contributed by atoms with E-state index >= 15 is 0 Å². The van der Waals surface area contributed by atoms with Crippen LogP contribution in [0.15, 0.2) is 72.8 Å². The molecule has 0 atom stereocenters. The molecule has 51 heavy (non-hydrogen) atoms. The minimum absolute atomic E-state index is 0.107. The molecule has 0 bridgehead atoms. The predicted octanol–water partition coefficient (Wildman–Crippen LogP) is 0.982. The fourth-order valence-corrected chi connectivity index (χ4v) is 5.29. The van der Waals surface area contributed by atoms with Crippen molar-refractivity contribution >= 4 is 17.8 Å². The van der Waals surface area contributed by atoms with Crippen molar-refractivity contribution in [3.8, 4) is 17.2 Å². The Morgan fingerprint density at radius 2 is 0.667 bits per heavy atom. The molecule has 4 rings (SSSR count). The van der Waals surface area contributed by atoms with Crippen molar-refractivity contribution in [3.05, 3.63) is 89.5 Å². The van der Waals surface area contributed by atoms with Gasteiger partial charge < -0.3 is 59.5 Å². The van der Waals surface area contributed by atoms with Crippen LogP contribution in [0.1, 0.15) is 16.7 Å². The summed E-state index contributed by atoms with van der Waals surface area (Å²) in [5.74, 6) is 2.36. The minimum atomic E-state index is -0.220. The van der Waals surface area contributed by atoms with Crippen LogP contribution in [0.3, 0.4) is 0 Å². The molecule has 0 aliphatic rings. The summed E-state index contributed by atoms with van der Waals surface area (Å²) in [5, 5.41) is 58.6. The first-order valence-corrected chi connectivity index (χ1v) is 16.8. The van der Waals surface area contributed by atoms with Crippen molar-refractivity contribution < 1.29 is 44.8 Å². The van der Waals surface area contributed by atoms with Crippen molar-refractivity contribution in [1.29, 1.82) is 0 Å². The molecule has 0 unspecified atom stereocenters. The maximum Gasteiger partial charge on any atom is 0.232 e.